The third-order valence-corrected chi connectivity index (χ3v) is 5.96. The predicted molar refractivity (Wildman–Crippen MR) is 107 cm³/mol. The van der Waals surface area contributed by atoms with Crippen LogP contribution in [0.5, 0.6) is 5.75 Å². The van der Waals surface area contributed by atoms with E-state index in [4.69, 9.17) is 16.3 Å². The number of thiazole rings is 1. The average Bonchev–Trinajstić information content (AvgIpc) is 3.15. The van der Waals surface area contributed by atoms with E-state index in [2.05, 4.69) is 44.9 Å². The van der Waals surface area contributed by atoms with Crippen LogP contribution < -0.4 is 14.4 Å². The maximum absolute atomic E-state index is 6.30. The van der Waals surface area contributed by atoms with Gasteiger partial charge < -0.3 is 14.4 Å². The van der Waals surface area contributed by atoms with Gasteiger partial charge in [0.2, 0.25) is 0 Å². The summed E-state index contributed by atoms with van der Waals surface area (Å²) in [5.74, 6) is 0.883. The Morgan fingerprint density at radius 1 is 1.28 bits per heavy atom. The van der Waals surface area contributed by atoms with Crippen molar-refractivity contribution < 1.29 is 4.74 Å². The molecule has 0 fully saturated rings. The van der Waals surface area contributed by atoms with Gasteiger partial charge in [-0.1, -0.05) is 17.7 Å². The van der Waals surface area contributed by atoms with Crippen molar-refractivity contribution in [2.45, 2.75) is 11.8 Å². The molecule has 2 aromatic carbocycles. The molecule has 4 rings (SSSR count). The zero-order valence-electron chi connectivity index (χ0n) is 13.5. The molecule has 0 atom stereocenters. The molecule has 0 saturated carbocycles. The quantitative estimate of drug-likeness (QED) is 0.574. The number of ether oxygens (including phenoxy) is 1. The Balaban J connectivity index is 1.58. The number of nitrogens with zero attached hydrogens (tertiary/aromatic N) is 2. The Labute approximate surface area is 159 Å². The molecule has 128 valence electrons. The van der Waals surface area contributed by atoms with Crippen LogP contribution >= 0.6 is 34.9 Å². The molecule has 1 aromatic heterocycles. The summed E-state index contributed by atoms with van der Waals surface area (Å²) in [5.41, 5.74) is 3.23. The van der Waals surface area contributed by atoms with E-state index in [0.29, 0.717) is 6.61 Å². The molecule has 1 aliphatic rings. The van der Waals surface area contributed by atoms with E-state index in [1.54, 1.807) is 17.5 Å². The number of nitrogens with one attached hydrogen (secondary N) is 1. The third-order valence-electron chi connectivity index (χ3n) is 3.95. The number of benzene rings is 2. The number of halogens is 1. The highest BCUT2D eigenvalue weighted by Gasteiger charge is 2.20. The van der Waals surface area contributed by atoms with Crippen LogP contribution in [-0.4, -0.2) is 18.1 Å². The van der Waals surface area contributed by atoms with Crippen LogP contribution in [0.15, 0.2) is 52.9 Å². The fraction of sp³-hybridized carbons (Fsp3) is 0.167. The molecule has 7 heteroatoms. The number of fused-ring (bicyclic) bond motifs is 1. The van der Waals surface area contributed by atoms with E-state index >= 15 is 0 Å². The Hall–Kier alpha value is -1.89. The maximum Gasteiger partial charge on any atom is 0.192 e. The summed E-state index contributed by atoms with van der Waals surface area (Å²) in [6.45, 7) is 3.46. The van der Waals surface area contributed by atoms with Crippen molar-refractivity contribution >= 4 is 51.4 Å². The van der Waals surface area contributed by atoms with Gasteiger partial charge in [0, 0.05) is 27.2 Å². The van der Waals surface area contributed by atoms with Gasteiger partial charge in [0.15, 0.2) is 5.13 Å². The summed E-state index contributed by atoms with van der Waals surface area (Å²) in [4.78, 5) is 7.54. The summed E-state index contributed by atoms with van der Waals surface area (Å²) < 4.78 is 9.12. The van der Waals surface area contributed by atoms with Crippen LogP contribution in [0.4, 0.5) is 16.5 Å². The Kier molecular flexibility index (Phi) is 4.74. The lowest BCUT2D eigenvalue weighted by atomic mass is 10.1. The topological polar surface area (TPSA) is 37.4 Å². The smallest absolute Gasteiger partial charge is 0.192 e. The molecule has 2 heterocycles. The lowest BCUT2D eigenvalue weighted by Gasteiger charge is -2.31. The van der Waals surface area contributed by atoms with Crippen molar-refractivity contribution in [2.75, 3.05) is 22.8 Å². The Morgan fingerprint density at radius 3 is 3.00 bits per heavy atom. The molecule has 0 spiro atoms. The van der Waals surface area contributed by atoms with E-state index in [0.717, 1.165) is 44.3 Å². The molecule has 0 amide bonds. The SMILES string of the molecule is Cc1ccc(N2CCOc3cc(SNc4nccs4)ccc32)cc1Cl. The summed E-state index contributed by atoms with van der Waals surface area (Å²) in [6, 6.07) is 12.4. The summed E-state index contributed by atoms with van der Waals surface area (Å²) in [5, 5.41) is 3.62. The largest absolute Gasteiger partial charge is 0.489 e. The zero-order chi connectivity index (χ0) is 17.2. The molecule has 25 heavy (non-hydrogen) atoms. The molecule has 1 aliphatic heterocycles. The number of anilines is 3. The highest BCUT2D eigenvalue weighted by Crippen LogP contribution is 2.40. The van der Waals surface area contributed by atoms with Crippen molar-refractivity contribution in [3.05, 3.63) is 58.6 Å². The first-order valence-corrected chi connectivity index (χ1v) is 9.91. The zero-order valence-corrected chi connectivity index (χ0v) is 15.9. The average molecular weight is 390 g/mol. The molecule has 0 bridgehead atoms. The minimum atomic E-state index is 0.645. The van der Waals surface area contributed by atoms with Crippen LogP contribution in [0, 0.1) is 6.92 Å². The van der Waals surface area contributed by atoms with Crippen molar-refractivity contribution in [3.8, 4) is 5.75 Å². The van der Waals surface area contributed by atoms with Crippen molar-refractivity contribution in [1.82, 2.24) is 4.98 Å². The maximum atomic E-state index is 6.30. The van der Waals surface area contributed by atoms with Gasteiger partial charge in [-0.25, -0.2) is 4.98 Å². The van der Waals surface area contributed by atoms with E-state index < -0.39 is 0 Å². The van der Waals surface area contributed by atoms with Crippen molar-refractivity contribution in [1.29, 1.82) is 0 Å². The molecular weight excluding hydrogens is 374 g/mol. The van der Waals surface area contributed by atoms with Crippen LogP contribution in [-0.2, 0) is 0 Å². The second-order valence-corrected chi connectivity index (χ2v) is 7.79. The van der Waals surface area contributed by atoms with E-state index in [1.165, 1.54) is 11.9 Å². The third kappa shape index (κ3) is 3.56. The van der Waals surface area contributed by atoms with Gasteiger partial charge in [0.05, 0.1) is 12.2 Å². The van der Waals surface area contributed by atoms with E-state index in [-0.39, 0.29) is 0 Å². The fourth-order valence-electron chi connectivity index (χ4n) is 2.66. The second kappa shape index (κ2) is 7.15. The summed E-state index contributed by atoms with van der Waals surface area (Å²) >= 11 is 9.41. The molecule has 0 unspecified atom stereocenters. The molecule has 0 radical (unpaired) electrons. The van der Waals surface area contributed by atoms with E-state index in [1.807, 2.05) is 18.4 Å². The van der Waals surface area contributed by atoms with Crippen molar-refractivity contribution in [2.24, 2.45) is 0 Å². The Bertz CT molecular complexity index is 886. The first kappa shape index (κ1) is 16.6. The van der Waals surface area contributed by atoms with Crippen LogP contribution in [0.1, 0.15) is 5.56 Å². The summed E-state index contributed by atoms with van der Waals surface area (Å²) in [7, 11) is 0. The van der Waals surface area contributed by atoms with Gasteiger partial charge >= 0.3 is 0 Å². The van der Waals surface area contributed by atoms with Gasteiger partial charge in [-0.05, 0) is 54.8 Å². The second-order valence-electron chi connectivity index (χ2n) is 5.60. The predicted octanol–water partition coefficient (Wildman–Crippen LogP) is 5.75. The minimum Gasteiger partial charge on any atom is -0.489 e. The van der Waals surface area contributed by atoms with Gasteiger partial charge in [-0.3, -0.25) is 0 Å². The monoisotopic (exact) mass is 389 g/mol. The highest BCUT2D eigenvalue weighted by atomic mass is 35.5. The number of hydrogen-bond acceptors (Lipinski definition) is 6. The van der Waals surface area contributed by atoms with Crippen LogP contribution in [0.2, 0.25) is 5.02 Å². The highest BCUT2D eigenvalue weighted by molar-refractivity contribution is 8.00. The summed E-state index contributed by atoms with van der Waals surface area (Å²) in [6.07, 6.45) is 1.79. The molecule has 3 aromatic rings. The number of hydrogen-bond donors (Lipinski definition) is 1. The van der Waals surface area contributed by atoms with E-state index in [9.17, 15) is 0 Å². The molecule has 4 nitrogen and oxygen atoms in total. The first-order valence-electron chi connectivity index (χ1n) is 7.83. The van der Waals surface area contributed by atoms with Crippen LogP contribution in [0.25, 0.3) is 0 Å². The van der Waals surface area contributed by atoms with Gasteiger partial charge in [-0.2, -0.15) is 0 Å². The first-order chi connectivity index (χ1) is 12.2. The minimum absolute atomic E-state index is 0.645. The molecule has 0 saturated heterocycles. The van der Waals surface area contributed by atoms with Gasteiger partial charge in [0.1, 0.15) is 12.4 Å². The lowest BCUT2D eigenvalue weighted by molar-refractivity contribution is 0.313. The standard InChI is InChI=1S/C18H16ClN3OS2/c1-12-2-3-13(10-15(12)19)22-7-8-23-17-11-14(4-5-16(17)22)25-21-18-20-6-9-24-18/h2-6,9-11H,7-8H2,1H3,(H,20,21). The molecule has 1 N–H and O–H groups in total. The molecular formula is C18H16ClN3OS2. The van der Waals surface area contributed by atoms with Gasteiger partial charge in [0.25, 0.3) is 0 Å². The Morgan fingerprint density at radius 2 is 2.20 bits per heavy atom. The normalized spacial score (nSPS) is 13.3. The lowest BCUT2D eigenvalue weighted by Crippen LogP contribution is -2.28. The van der Waals surface area contributed by atoms with Crippen LogP contribution in [0.3, 0.4) is 0 Å². The number of aromatic nitrogens is 1. The number of aryl methyl sites for hydroxylation is 1. The van der Waals surface area contributed by atoms with Gasteiger partial charge in [-0.15, -0.1) is 11.3 Å². The fourth-order valence-corrected chi connectivity index (χ4v) is 4.08. The molecule has 0 aliphatic carbocycles. The van der Waals surface area contributed by atoms with Crippen molar-refractivity contribution in [3.63, 3.8) is 0 Å². The number of rotatable bonds is 4.